The molecule has 8 heteroatoms. The van der Waals surface area contributed by atoms with Crippen molar-refractivity contribution in [3.8, 4) is 51.5 Å². The number of fused-ring (bicyclic) bond motifs is 3. The van der Waals surface area contributed by atoms with Gasteiger partial charge in [-0.3, -0.25) is 14.5 Å². The van der Waals surface area contributed by atoms with E-state index in [2.05, 4.69) is 76.9 Å². The van der Waals surface area contributed by atoms with Crippen LogP contribution in [0, 0.1) is 27.7 Å². The number of benzene rings is 4. The molecule has 8 aromatic rings. The fraction of sp³-hybridized carbons (Fsp3) is 0.0976. The molecule has 8 nitrogen and oxygen atoms in total. The Hall–Kier alpha value is -6.41. The van der Waals surface area contributed by atoms with Gasteiger partial charge in [0.2, 0.25) is 5.95 Å². The summed E-state index contributed by atoms with van der Waals surface area (Å²) in [5, 5.41) is 2.07. The summed E-state index contributed by atoms with van der Waals surface area (Å²) in [5.74, 6) is 3.44. The van der Waals surface area contributed by atoms with Gasteiger partial charge in [-0.25, -0.2) is 15.0 Å². The first kappa shape index (κ1) is 30.0. The third kappa shape index (κ3) is 5.63. The Morgan fingerprint density at radius 2 is 1.00 bits per heavy atom. The fourth-order valence-corrected chi connectivity index (χ4v) is 6.15. The van der Waals surface area contributed by atoms with Crippen LogP contribution in [-0.2, 0) is 0 Å². The van der Waals surface area contributed by atoms with Crippen LogP contribution in [-0.4, -0.2) is 29.5 Å². The van der Waals surface area contributed by atoms with Crippen LogP contribution in [0.15, 0.2) is 122 Å². The minimum Gasteiger partial charge on any atom is -0.457 e. The Balaban J connectivity index is 1.23. The van der Waals surface area contributed by atoms with E-state index in [9.17, 15) is 0 Å². The molecule has 238 valence electrons. The molecule has 0 aliphatic carbocycles. The molecular weight excluding hydrogens is 608 g/mol. The predicted molar refractivity (Wildman–Crippen MR) is 193 cm³/mol. The van der Waals surface area contributed by atoms with Crippen LogP contribution < -0.4 is 9.47 Å². The van der Waals surface area contributed by atoms with E-state index in [0.717, 1.165) is 78.1 Å². The average Bonchev–Trinajstić information content (AvgIpc) is 3.45. The quantitative estimate of drug-likeness (QED) is 0.171. The summed E-state index contributed by atoms with van der Waals surface area (Å²) in [5.41, 5.74) is 9.98. The molecule has 8 rings (SSSR count). The average molecular weight is 641 g/mol. The molecule has 0 radical (unpaired) electrons. The van der Waals surface area contributed by atoms with Gasteiger partial charge in [-0.15, -0.1) is 0 Å². The topological polar surface area (TPSA) is 87.8 Å². The van der Waals surface area contributed by atoms with Gasteiger partial charge in [-0.05, 0) is 123 Å². The van der Waals surface area contributed by atoms with Crippen molar-refractivity contribution in [2.24, 2.45) is 0 Å². The summed E-state index contributed by atoms with van der Waals surface area (Å²) >= 11 is 0. The van der Waals surface area contributed by atoms with Crippen molar-refractivity contribution in [2.45, 2.75) is 27.7 Å². The van der Waals surface area contributed by atoms with E-state index in [4.69, 9.17) is 9.47 Å². The second-order valence-electron chi connectivity index (χ2n) is 12.1. The summed E-state index contributed by atoms with van der Waals surface area (Å²) in [4.78, 5) is 22.2. The van der Waals surface area contributed by atoms with E-state index in [-0.39, 0.29) is 0 Å². The van der Waals surface area contributed by atoms with Gasteiger partial charge in [-0.2, -0.15) is 0 Å². The lowest BCUT2D eigenvalue weighted by molar-refractivity contribution is 0.479. The molecule has 0 fully saturated rings. The van der Waals surface area contributed by atoms with Gasteiger partial charge in [0, 0.05) is 46.4 Å². The maximum Gasteiger partial charge on any atom is 0.237 e. The maximum absolute atomic E-state index is 6.60. The molecule has 49 heavy (non-hydrogen) atoms. The molecule has 0 spiro atoms. The van der Waals surface area contributed by atoms with Crippen LogP contribution in [0.4, 0.5) is 0 Å². The van der Waals surface area contributed by atoms with E-state index in [1.807, 2.05) is 77.4 Å². The fourth-order valence-electron chi connectivity index (χ4n) is 6.15. The third-order valence-corrected chi connectivity index (χ3v) is 9.01. The number of pyridine rings is 2. The van der Waals surface area contributed by atoms with Gasteiger partial charge in [0.05, 0.1) is 22.4 Å². The molecule has 4 heterocycles. The Bertz CT molecular complexity index is 2330. The van der Waals surface area contributed by atoms with Gasteiger partial charge in [-0.1, -0.05) is 12.1 Å². The van der Waals surface area contributed by atoms with Gasteiger partial charge < -0.3 is 9.47 Å². The molecule has 0 saturated heterocycles. The monoisotopic (exact) mass is 640 g/mol. The third-order valence-electron chi connectivity index (χ3n) is 9.01. The number of nitrogens with zero attached hydrogens (tertiary/aromatic N) is 6. The highest BCUT2D eigenvalue weighted by atomic mass is 16.5. The number of hydrogen-bond donors (Lipinski definition) is 0. The van der Waals surface area contributed by atoms with Crippen LogP contribution >= 0.6 is 0 Å². The molecule has 0 aliphatic heterocycles. The lowest BCUT2D eigenvalue weighted by Crippen LogP contribution is -2.01. The molecule has 0 amide bonds. The largest absolute Gasteiger partial charge is 0.457 e. The Morgan fingerprint density at radius 1 is 0.510 bits per heavy atom. The molecule has 0 unspecified atom stereocenters. The van der Waals surface area contributed by atoms with Crippen molar-refractivity contribution in [1.29, 1.82) is 0 Å². The number of hydrogen-bond acceptors (Lipinski definition) is 7. The zero-order chi connectivity index (χ0) is 33.5. The van der Waals surface area contributed by atoms with Crippen LogP contribution in [0.3, 0.4) is 0 Å². The number of rotatable bonds is 7. The smallest absolute Gasteiger partial charge is 0.237 e. The first-order chi connectivity index (χ1) is 23.9. The van der Waals surface area contributed by atoms with Crippen LogP contribution in [0.5, 0.6) is 23.0 Å². The Kier molecular flexibility index (Phi) is 7.53. The second-order valence-corrected chi connectivity index (χ2v) is 12.1. The number of ether oxygens (including phenoxy) is 2. The number of aryl methyl sites for hydroxylation is 2. The van der Waals surface area contributed by atoms with E-state index >= 15 is 0 Å². The minimum atomic E-state index is 0.498. The van der Waals surface area contributed by atoms with E-state index in [1.165, 1.54) is 12.7 Å². The van der Waals surface area contributed by atoms with Gasteiger partial charge in [0.15, 0.2) is 0 Å². The Labute approximate surface area is 283 Å². The summed E-state index contributed by atoms with van der Waals surface area (Å²) in [6.45, 7) is 8.33. The van der Waals surface area contributed by atoms with Crippen molar-refractivity contribution in [3.05, 3.63) is 144 Å². The molecule has 4 aromatic carbocycles. The number of aromatic nitrogens is 6. The SMILES string of the molecule is Cc1cc(-c2ccccn2)cc(Oc2ccc3c4ccc(Oc5cc(-c6ccccn6)cc(C)c5C)cc4n(-c4ncncn4)c3c2)c1C. The summed E-state index contributed by atoms with van der Waals surface area (Å²) in [6.07, 6.45) is 6.62. The maximum atomic E-state index is 6.60. The van der Waals surface area contributed by atoms with Crippen LogP contribution in [0.25, 0.3) is 50.3 Å². The Morgan fingerprint density at radius 3 is 1.45 bits per heavy atom. The van der Waals surface area contributed by atoms with E-state index < -0.39 is 0 Å². The molecule has 0 saturated carbocycles. The molecule has 0 atom stereocenters. The zero-order valence-electron chi connectivity index (χ0n) is 27.5. The van der Waals surface area contributed by atoms with E-state index in [0.29, 0.717) is 17.4 Å². The highest BCUT2D eigenvalue weighted by molar-refractivity contribution is 6.09. The predicted octanol–water partition coefficient (Wildman–Crippen LogP) is 9.91. The van der Waals surface area contributed by atoms with Crippen molar-refractivity contribution < 1.29 is 9.47 Å². The zero-order valence-corrected chi connectivity index (χ0v) is 27.5. The van der Waals surface area contributed by atoms with Crippen molar-refractivity contribution in [2.75, 3.05) is 0 Å². The first-order valence-corrected chi connectivity index (χ1v) is 16.0. The molecule has 0 N–H and O–H groups in total. The van der Waals surface area contributed by atoms with Crippen molar-refractivity contribution in [1.82, 2.24) is 29.5 Å². The standard InChI is InChI=1S/C41H32N6O2/c1-25-17-29(35-9-5-7-15-43-35)19-39(27(25)3)48-31-11-13-33-34-14-12-32(22-38(34)47(37(33)21-31)41-45-23-42-24-46-41)49-40-20-30(18-26(2)28(40)4)36-10-6-8-16-44-36/h5-24H,1-4H3. The molecule has 0 bridgehead atoms. The lowest BCUT2D eigenvalue weighted by atomic mass is 10.0. The van der Waals surface area contributed by atoms with Gasteiger partial charge in [0.25, 0.3) is 0 Å². The molecule has 0 aliphatic rings. The summed E-state index contributed by atoms with van der Waals surface area (Å²) in [7, 11) is 0. The van der Waals surface area contributed by atoms with E-state index in [1.54, 1.807) is 12.4 Å². The molecular formula is C41H32N6O2. The summed E-state index contributed by atoms with van der Waals surface area (Å²) in [6, 6.07) is 32.4. The molecule has 4 aromatic heterocycles. The highest BCUT2D eigenvalue weighted by Crippen LogP contribution is 2.39. The van der Waals surface area contributed by atoms with Crippen molar-refractivity contribution >= 4 is 21.8 Å². The first-order valence-electron chi connectivity index (χ1n) is 16.0. The normalized spacial score (nSPS) is 11.3. The second kappa shape index (κ2) is 12.3. The highest BCUT2D eigenvalue weighted by Gasteiger charge is 2.18. The van der Waals surface area contributed by atoms with Gasteiger partial charge >= 0.3 is 0 Å². The van der Waals surface area contributed by atoms with Crippen LogP contribution in [0.1, 0.15) is 22.3 Å². The minimum absolute atomic E-state index is 0.498. The van der Waals surface area contributed by atoms with Gasteiger partial charge in [0.1, 0.15) is 35.7 Å². The lowest BCUT2D eigenvalue weighted by Gasteiger charge is -2.14. The van der Waals surface area contributed by atoms with Crippen LogP contribution in [0.2, 0.25) is 0 Å². The van der Waals surface area contributed by atoms with Crippen molar-refractivity contribution in [3.63, 3.8) is 0 Å². The summed E-state index contributed by atoms with van der Waals surface area (Å²) < 4.78 is 15.2.